The van der Waals surface area contributed by atoms with E-state index in [0.29, 0.717) is 0 Å². The third-order valence-corrected chi connectivity index (χ3v) is 7.37. The molecule has 2 atom stereocenters. The molecule has 43 heavy (non-hydrogen) atoms. The van der Waals surface area contributed by atoms with Crippen molar-refractivity contribution in [3.63, 3.8) is 0 Å². The number of hydrogen-bond acceptors (Lipinski definition) is 8. The van der Waals surface area contributed by atoms with E-state index in [9.17, 15) is 40.7 Å². The first-order valence-electron chi connectivity index (χ1n) is 11.6. The number of halogens is 8. The molecule has 3 amide bonds. The van der Waals surface area contributed by atoms with Crippen LogP contribution in [-0.4, -0.2) is 49.0 Å². The highest BCUT2D eigenvalue weighted by atomic mass is 35.5. The Morgan fingerprint density at radius 2 is 1.49 bits per heavy atom. The van der Waals surface area contributed by atoms with Crippen molar-refractivity contribution in [2.45, 2.75) is 23.7 Å². The van der Waals surface area contributed by atoms with Crippen LogP contribution in [0.25, 0.3) is 0 Å². The molecule has 0 saturated carbocycles. The molecule has 2 aliphatic heterocycles. The van der Waals surface area contributed by atoms with E-state index in [1.807, 2.05) is 5.32 Å². The number of hydrogen-bond donors (Lipinski definition) is 4. The monoisotopic (exact) mass is 671 g/mol. The van der Waals surface area contributed by atoms with Crippen molar-refractivity contribution in [1.82, 2.24) is 15.6 Å². The minimum absolute atomic E-state index is 0.00215. The van der Waals surface area contributed by atoms with Crippen LogP contribution in [0.2, 0.25) is 10.0 Å². The summed E-state index contributed by atoms with van der Waals surface area (Å²) < 4.78 is 90.2. The standard InChI is InChI=1S/C14H9ClF3N3O3S.C10H8ClF3N2O2/c15-7-1-2-9-8(3-7)13(14(16,17)18,24-12(23)21-9)5-20-11(22)10-4-19-6-25-10;1-15-9(10(12,13)14)6-4-5(11)2-3-7(6)16-8(17)18-9/h1-4,6H,5H2,(H,20,22)(H,21,23);2-4,15H,1H3,(H,16,17). The van der Waals surface area contributed by atoms with Crippen LogP contribution in [0.3, 0.4) is 0 Å². The number of aromatic nitrogens is 1. The predicted molar refractivity (Wildman–Crippen MR) is 142 cm³/mol. The average molecular weight is 672 g/mol. The van der Waals surface area contributed by atoms with Crippen molar-refractivity contribution in [3.05, 3.63) is 74.2 Å². The number of benzene rings is 2. The van der Waals surface area contributed by atoms with Crippen molar-refractivity contribution in [3.8, 4) is 0 Å². The summed E-state index contributed by atoms with van der Waals surface area (Å²) in [6, 6.07) is 7.38. The van der Waals surface area contributed by atoms with Crippen LogP contribution in [0.15, 0.2) is 48.1 Å². The van der Waals surface area contributed by atoms with Crippen molar-refractivity contribution >= 4 is 64.0 Å². The van der Waals surface area contributed by atoms with E-state index in [-0.39, 0.29) is 31.9 Å². The van der Waals surface area contributed by atoms with Gasteiger partial charge in [-0.05, 0) is 43.4 Å². The third kappa shape index (κ3) is 6.15. The fourth-order valence-corrected chi connectivity index (χ4v) is 5.03. The van der Waals surface area contributed by atoms with Gasteiger partial charge in [-0.25, -0.2) is 9.59 Å². The Balaban J connectivity index is 0.000000208. The maximum absolute atomic E-state index is 13.9. The Morgan fingerprint density at radius 1 is 0.930 bits per heavy atom. The molecule has 0 saturated heterocycles. The molecule has 3 heterocycles. The summed E-state index contributed by atoms with van der Waals surface area (Å²) in [5, 5.41) is 8.67. The van der Waals surface area contributed by atoms with Crippen LogP contribution >= 0.6 is 34.5 Å². The minimum atomic E-state index is -4.99. The minimum Gasteiger partial charge on any atom is -0.426 e. The van der Waals surface area contributed by atoms with Crippen LogP contribution in [0.4, 0.5) is 47.3 Å². The number of alkyl halides is 6. The number of thiazole rings is 1. The molecular weight excluding hydrogens is 655 g/mol. The average Bonchev–Trinajstić information content (AvgIpc) is 3.46. The lowest BCUT2D eigenvalue weighted by atomic mass is 9.89. The lowest BCUT2D eigenvalue weighted by molar-refractivity contribution is -0.275. The molecule has 0 fully saturated rings. The van der Waals surface area contributed by atoms with Crippen LogP contribution in [0.1, 0.15) is 20.8 Å². The fourth-order valence-electron chi connectivity index (χ4n) is 4.15. The quantitative estimate of drug-likeness (QED) is 0.237. The molecule has 19 heteroatoms. The summed E-state index contributed by atoms with van der Waals surface area (Å²) in [7, 11) is 1.05. The van der Waals surface area contributed by atoms with Gasteiger partial charge in [0.1, 0.15) is 4.88 Å². The van der Waals surface area contributed by atoms with Crippen molar-refractivity contribution < 1.29 is 50.2 Å². The van der Waals surface area contributed by atoms with Crippen molar-refractivity contribution in [1.29, 1.82) is 0 Å². The fraction of sp³-hybridized carbons (Fsp3) is 0.250. The van der Waals surface area contributed by atoms with E-state index in [1.165, 1.54) is 36.0 Å². The third-order valence-electron chi connectivity index (χ3n) is 6.13. The molecule has 4 N–H and O–H groups in total. The summed E-state index contributed by atoms with van der Waals surface area (Å²) in [5.74, 6) is -0.760. The van der Waals surface area contributed by atoms with Gasteiger partial charge in [-0.1, -0.05) is 23.2 Å². The smallest absolute Gasteiger partial charge is 0.426 e. The van der Waals surface area contributed by atoms with E-state index < -0.39 is 53.9 Å². The second-order valence-corrected chi connectivity index (χ2v) is 10.5. The molecule has 0 bridgehead atoms. The SMILES string of the molecule is CNC1(C(F)(F)F)OC(=O)Nc2ccc(Cl)cc21.O=C1Nc2ccc(Cl)cc2C(CNC(=O)c2cncs2)(C(F)(F)F)O1. The van der Waals surface area contributed by atoms with E-state index in [0.717, 1.165) is 30.5 Å². The van der Waals surface area contributed by atoms with Crippen LogP contribution in [-0.2, 0) is 20.8 Å². The zero-order valence-electron chi connectivity index (χ0n) is 21.2. The van der Waals surface area contributed by atoms with E-state index in [4.69, 9.17) is 23.2 Å². The van der Waals surface area contributed by atoms with Crippen LogP contribution < -0.4 is 21.3 Å². The number of ether oxygens (including phenoxy) is 2. The second-order valence-electron chi connectivity index (χ2n) is 8.71. The summed E-state index contributed by atoms with van der Waals surface area (Å²) >= 11 is 12.5. The number of nitrogens with one attached hydrogen (secondary N) is 4. The predicted octanol–water partition coefficient (Wildman–Crippen LogP) is 6.38. The number of anilines is 2. The van der Waals surface area contributed by atoms with E-state index in [2.05, 4.69) is 30.4 Å². The first-order valence-corrected chi connectivity index (χ1v) is 13.3. The lowest BCUT2D eigenvalue weighted by Crippen LogP contribution is -2.58. The number of cyclic esters (lactones) is 2. The molecule has 10 nitrogen and oxygen atoms in total. The molecule has 3 aromatic rings. The molecule has 5 rings (SSSR count). The molecule has 2 aromatic carbocycles. The summed E-state index contributed by atoms with van der Waals surface area (Å²) in [4.78, 5) is 38.7. The van der Waals surface area contributed by atoms with Gasteiger partial charge < -0.3 is 14.8 Å². The van der Waals surface area contributed by atoms with Gasteiger partial charge >= 0.3 is 24.5 Å². The molecule has 2 unspecified atom stereocenters. The lowest BCUT2D eigenvalue weighted by Gasteiger charge is -2.39. The Labute approximate surface area is 251 Å². The zero-order valence-corrected chi connectivity index (χ0v) is 23.6. The molecule has 2 aliphatic rings. The second kappa shape index (κ2) is 11.7. The molecule has 1 aromatic heterocycles. The van der Waals surface area contributed by atoms with Gasteiger partial charge in [0, 0.05) is 21.2 Å². The highest BCUT2D eigenvalue weighted by molar-refractivity contribution is 7.11. The highest BCUT2D eigenvalue weighted by Gasteiger charge is 2.63. The normalized spacial score (nSPS) is 21.0. The van der Waals surface area contributed by atoms with E-state index >= 15 is 0 Å². The molecule has 230 valence electrons. The van der Waals surface area contributed by atoms with E-state index in [1.54, 1.807) is 0 Å². The Bertz CT molecular complexity index is 1560. The maximum Gasteiger partial charge on any atom is 0.447 e. The summed E-state index contributed by atoms with van der Waals surface area (Å²) in [5.41, 5.74) is -5.35. The van der Waals surface area contributed by atoms with Gasteiger partial charge in [-0.3, -0.25) is 25.7 Å². The number of nitrogens with zero attached hydrogens (tertiary/aromatic N) is 1. The molecule has 0 spiro atoms. The Morgan fingerprint density at radius 3 is 2.00 bits per heavy atom. The number of amides is 3. The van der Waals surface area contributed by atoms with Gasteiger partial charge in [-0.15, -0.1) is 11.3 Å². The molecular formula is C24H17Cl2F6N5O5S. The zero-order chi connectivity index (χ0) is 31.8. The number of carbonyl (C=O) groups is 3. The van der Waals surface area contributed by atoms with Crippen LogP contribution in [0.5, 0.6) is 0 Å². The van der Waals surface area contributed by atoms with Crippen LogP contribution in [0, 0.1) is 0 Å². The number of carbonyl (C=O) groups excluding carboxylic acids is 3. The number of fused-ring (bicyclic) bond motifs is 2. The Kier molecular flexibility index (Phi) is 8.74. The van der Waals surface area contributed by atoms with Gasteiger partial charge in [0.05, 0.1) is 29.6 Å². The summed E-state index contributed by atoms with van der Waals surface area (Å²) in [6.07, 6.45) is -11.1. The van der Waals surface area contributed by atoms with Gasteiger partial charge in [-0.2, -0.15) is 26.3 Å². The maximum atomic E-state index is 13.9. The Hall–Kier alpha value is -3.80. The first kappa shape index (κ1) is 32.1. The number of rotatable bonds is 4. The van der Waals surface area contributed by atoms with Gasteiger partial charge in [0.2, 0.25) is 0 Å². The largest absolute Gasteiger partial charge is 0.447 e. The van der Waals surface area contributed by atoms with Gasteiger partial charge in [0.15, 0.2) is 0 Å². The summed E-state index contributed by atoms with van der Waals surface area (Å²) in [6.45, 7) is -1.01. The van der Waals surface area contributed by atoms with Crippen molar-refractivity contribution in [2.24, 2.45) is 0 Å². The highest BCUT2D eigenvalue weighted by Crippen LogP contribution is 2.48. The first-order chi connectivity index (χ1) is 20.0. The topological polar surface area (TPSA) is 131 Å². The van der Waals surface area contributed by atoms with Gasteiger partial charge in [0.25, 0.3) is 17.2 Å². The van der Waals surface area contributed by atoms with Crippen molar-refractivity contribution in [2.75, 3.05) is 24.2 Å². The molecule has 0 aliphatic carbocycles. The molecule has 0 radical (unpaired) electrons.